The molecule has 1 saturated heterocycles. The zero-order valence-corrected chi connectivity index (χ0v) is 30.5. The number of aromatic nitrogens is 5. The number of thioether (sulfide) groups is 2. The number of halogens is 2. The predicted octanol–water partition coefficient (Wildman–Crippen LogP) is 2.13. The molecule has 2 aromatic heterocycles. The minimum absolute atomic E-state index is 0. The van der Waals surface area contributed by atoms with E-state index < -0.39 is 29.4 Å². The van der Waals surface area contributed by atoms with E-state index in [2.05, 4.69) is 25.8 Å². The van der Waals surface area contributed by atoms with Gasteiger partial charge in [0.2, 0.25) is 11.1 Å². The second-order valence-electron chi connectivity index (χ2n) is 11.1. The van der Waals surface area contributed by atoms with Crippen molar-refractivity contribution in [3.8, 4) is 0 Å². The first-order chi connectivity index (χ1) is 22.2. The van der Waals surface area contributed by atoms with Gasteiger partial charge in [0, 0.05) is 23.4 Å². The van der Waals surface area contributed by atoms with E-state index in [9.17, 15) is 19.2 Å². The smallest absolute Gasteiger partial charge is 0.457 e. The van der Waals surface area contributed by atoms with Gasteiger partial charge >= 0.3 is 12.1 Å². The molecule has 2 atom stereocenters. The van der Waals surface area contributed by atoms with Crippen molar-refractivity contribution < 1.29 is 33.4 Å². The van der Waals surface area contributed by atoms with E-state index in [0.717, 1.165) is 38.6 Å². The Balaban J connectivity index is 0.00000312. The van der Waals surface area contributed by atoms with Gasteiger partial charge < -0.3 is 30.2 Å². The minimum atomic E-state index is -0.818. The van der Waals surface area contributed by atoms with Crippen molar-refractivity contribution in [2.24, 2.45) is 0 Å². The zero-order valence-electron chi connectivity index (χ0n) is 26.4. The van der Waals surface area contributed by atoms with Crippen LogP contribution in [0.5, 0.6) is 0 Å². The van der Waals surface area contributed by atoms with Gasteiger partial charge in [0.05, 0.1) is 18.7 Å². The van der Waals surface area contributed by atoms with Gasteiger partial charge in [-0.3, -0.25) is 14.5 Å². The summed E-state index contributed by atoms with van der Waals surface area (Å²) in [6.07, 6.45) is 3.80. The number of nitrogens with zero attached hydrogens (tertiary/aromatic N) is 7. The number of likely N-dealkylation sites (N-methyl/N-ethyl adjacent to an activating group) is 1. The Kier molecular flexibility index (Phi) is 15.5. The number of β-lactam (4-membered cyclic amide) rings is 1. The molecule has 266 valence electrons. The van der Waals surface area contributed by atoms with E-state index in [1.807, 2.05) is 19.0 Å². The molecule has 0 bridgehead atoms. The molecule has 3 N–H and O–H groups in total. The fourth-order valence-electron chi connectivity index (χ4n) is 5.14. The molecule has 0 aromatic carbocycles. The summed E-state index contributed by atoms with van der Waals surface area (Å²) in [5, 5.41) is 16.8. The van der Waals surface area contributed by atoms with Crippen molar-refractivity contribution in [3.63, 3.8) is 0 Å². The van der Waals surface area contributed by atoms with E-state index in [1.54, 1.807) is 10.1 Å². The maximum atomic E-state index is 13.5. The van der Waals surface area contributed by atoms with Crippen LogP contribution in [0, 0.1) is 0 Å². The first-order valence-electron chi connectivity index (χ1n) is 14.9. The molecule has 4 heterocycles. The van der Waals surface area contributed by atoms with Crippen molar-refractivity contribution in [1.29, 1.82) is 0 Å². The molecule has 2 aromatic rings. The van der Waals surface area contributed by atoms with Crippen LogP contribution in [0.4, 0.5) is 9.93 Å². The number of esters is 1. The average Bonchev–Trinajstić information content (AvgIpc) is 3.67. The number of nitrogens with one attached hydrogen (secondary N) is 1. The monoisotopic (exact) mass is 767 g/mol. The topological polar surface area (TPSA) is 197 Å². The van der Waals surface area contributed by atoms with Gasteiger partial charge in [0.1, 0.15) is 36.4 Å². The van der Waals surface area contributed by atoms with Crippen LogP contribution >= 0.6 is 59.7 Å². The summed E-state index contributed by atoms with van der Waals surface area (Å²) in [5.41, 5.74) is 6.94. The molecule has 2 fully saturated rings. The number of ether oxygens (including phenoxy) is 3. The second-order valence-corrected chi connectivity index (χ2v) is 14.1. The van der Waals surface area contributed by atoms with Crippen molar-refractivity contribution in [1.82, 2.24) is 40.3 Å². The normalized spacial score (nSPS) is 19.1. The van der Waals surface area contributed by atoms with Crippen molar-refractivity contribution in [2.75, 3.05) is 51.1 Å². The Labute approximate surface area is 302 Å². The Hall–Kier alpha value is -2.84. The van der Waals surface area contributed by atoms with Crippen LogP contribution in [0.3, 0.4) is 0 Å². The molecular formula is C27H39Cl2N9O7S3. The van der Waals surface area contributed by atoms with Crippen LogP contribution in [0.1, 0.15) is 37.8 Å². The van der Waals surface area contributed by atoms with Gasteiger partial charge in [-0.2, -0.15) is 0 Å². The molecule has 16 nitrogen and oxygen atoms in total. The lowest BCUT2D eigenvalue weighted by molar-refractivity contribution is -0.153. The van der Waals surface area contributed by atoms with Crippen LogP contribution in [-0.4, -0.2) is 122 Å². The first-order valence-corrected chi connectivity index (χ1v) is 17.8. The third-order valence-electron chi connectivity index (χ3n) is 7.45. The molecule has 1 aliphatic carbocycles. The molecule has 0 unspecified atom stereocenters. The number of rotatable bonds is 14. The van der Waals surface area contributed by atoms with Crippen molar-refractivity contribution in [2.45, 2.75) is 67.7 Å². The largest absolute Gasteiger partial charge is 0.508 e. The van der Waals surface area contributed by atoms with Crippen LogP contribution < -0.4 is 11.1 Å². The fraction of sp³-hybridized carbons (Fsp3) is 0.630. The Morgan fingerprint density at radius 3 is 2.60 bits per heavy atom. The van der Waals surface area contributed by atoms with E-state index >= 15 is 0 Å². The summed E-state index contributed by atoms with van der Waals surface area (Å²) in [7, 11) is 3.91. The molecule has 5 rings (SSSR count). The molecule has 2 amide bonds. The SMILES string of the molecule is CN(C)CCn1nnnc1SCC1=C(C(=O)OCCOC(=O)OC2CCCCC2)N2C(=O)[C@@H](NC(=O)Cc3csc(N)n3)[C@@H]2SC1.Cl.Cl. The molecule has 48 heavy (non-hydrogen) atoms. The fourth-order valence-corrected chi connectivity index (χ4v) is 8.09. The van der Waals surface area contributed by atoms with Gasteiger partial charge in [0.15, 0.2) is 5.13 Å². The first kappa shape index (κ1) is 39.6. The molecule has 21 heteroatoms. The van der Waals surface area contributed by atoms with E-state index in [1.165, 1.54) is 39.8 Å². The standard InChI is InChI=1S/C27H37N9O7S3.2ClH/c1-34(2)8-9-35-26(31-32-33-35)46-14-16-13-44-23-20(30-19(37)12-17-15-45-25(28)29-17)22(38)36(23)21(16)24(39)41-10-11-42-27(40)43-18-6-4-3-5-7-18;;/h15,18,20,23H,3-14H2,1-2H3,(H2,28,29)(H,30,37);2*1H/t20-,23+;;/m1../s1. The summed E-state index contributed by atoms with van der Waals surface area (Å²) in [6, 6.07) is -0.818. The highest BCUT2D eigenvalue weighted by atomic mass is 35.5. The molecule has 3 aliphatic rings. The summed E-state index contributed by atoms with van der Waals surface area (Å²) in [4.78, 5) is 59.1. The van der Waals surface area contributed by atoms with Crippen molar-refractivity contribution >= 4 is 88.7 Å². The van der Waals surface area contributed by atoms with E-state index in [4.69, 9.17) is 19.9 Å². The number of carbonyl (C=O) groups is 4. The third-order valence-corrected chi connectivity index (χ3v) is 10.6. The minimum Gasteiger partial charge on any atom is -0.457 e. The van der Waals surface area contributed by atoms with Crippen molar-refractivity contribution in [3.05, 3.63) is 22.3 Å². The van der Waals surface area contributed by atoms with E-state index in [-0.39, 0.29) is 62.2 Å². The maximum absolute atomic E-state index is 13.5. The molecule has 2 aliphatic heterocycles. The number of carbonyl (C=O) groups excluding carboxylic acids is 4. The quantitative estimate of drug-likeness (QED) is 0.123. The number of hydrogen-bond acceptors (Lipinski definition) is 16. The number of nitrogens with two attached hydrogens (primary N) is 1. The second kappa shape index (κ2) is 18.8. The molecule has 0 spiro atoms. The lowest BCUT2D eigenvalue weighted by Gasteiger charge is -2.49. The van der Waals surface area contributed by atoms with Gasteiger partial charge in [-0.05, 0) is 55.8 Å². The van der Waals surface area contributed by atoms with Crippen LogP contribution in [0.15, 0.2) is 21.8 Å². The third kappa shape index (κ3) is 10.3. The van der Waals surface area contributed by atoms with Gasteiger partial charge in [-0.25, -0.2) is 19.3 Å². The highest BCUT2D eigenvalue weighted by Crippen LogP contribution is 2.42. The van der Waals surface area contributed by atoms with Gasteiger partial charge in [0.25, 0.3) is 5.91 Å². The highest BCUT2D eigenvalue weighted by molar-refractivity contribution is 8.01. The Bertz CT molecular complexity index is 1460. The number of anilines is 1. The summed E-state index contributed by atoms with van der Waals surface area (Å²) >= 11 is 4.01. The van der Waals surface area contributed by atoms with E-state index in [0.29, 0.717) is 39.6 Å². The number of fused-ring (bicyclic) bond motifs is 1. The van der Waals surface area contributed by atoms with Crippen LogP contribution in [-0.2, 0) is 41.6 Å². The number of tetrazole rings is 1. The number of thiazole rings is 1. The van der Waals surface area contributed by atoms with Gasteiger partial charge in [-0.1, -0.05) is 18.2 Å². The lowest BCUT2D eigenvalue weighted by atomic mass is 9.98. The average molecular weight is 769 g/mol. The molecular weight excluding hydrogens is 729 g/mol. The summed E-state index contributed by atoms with van der Waals surface area (Å²) < 4.78 is 17.6. The Morgan fingerprint density at radius 1 is 1.15 bits per heavy atom. The predicted molar refractivity (Wildman–Crippen MR) is 184 cm³/mol. The zero-order chi connectivity index (χ0) is 32.6. The Morgan fingerprint density at radius 2 is 1.90 bits per heavy atom. The van der Waals surface area contributed by atoms with Crippen LogP contribution in [0.2, 0.25) is 0 Å². The van der Waals surface area contributed by atoms with Crippen LogP contribution in [0.25, 0.3) is 0 Å². The highest BCUT2D eigenvalue weighted by Gasteiger charge is 2.54. The van der Waals surface area contributed by atoms with Gasteiger partial charge in [-0.15, -0.1) is 53.0 Å². The number of hydrogen-bond donors (Lipinski definition) is 2. The maximum Gasteiger partial charge on any atom is 0.508 e. The molecule has 0 radical (unpaired) electrons. The lowest BCUT2D eigenvalue weighted by Crippen LogP contribution is -2.70. The molecule has 1 saturated carbocycles. The summed E-state index contributed by atoms with van der Waals surface area (Å²) in [5.74, 6) is -0.804. The summed E-state index contributed by atoms with van der Waals surface area (Å²) in [6.45, 7) is 0.900. The number of nitrogen functional groups attached to an aromatic ring is 1. The number of amides is 2.